The van der Waals surface area contributed by atoms with E-state index in [0.29, 0.717) is 21.5 Å². The zero-order chi connectivity index (χ0) is 37.9. The second-order valence-corrected chi connectivity index (χ2v) is 12.0. The van der Waals surface area contributed by atoms with Crippen molar-refractivity contribution in [2.24, 2.45) is 0 Å². The maximum absolute atomic E-state index is 12.2. The number of fused-ring (bicyclic) bond motifs is 2. The molecule has 0 saturated heterocycles. The molecule has 4 aromatic carbocycles. The van der Waals surface area contributed by atoms with Crippen LogP contribution in [-0.2, 0) is 31.9 Å². The summed E-state index contributed by atoms with van der Waals surface area (Å²) < 4.78 is 27.3. The van der Waals surface area contributed by atoms with Crippen LogP contribution in [0.2, 0.25) is 10.0 Å². The van der Waals surface area contributed by atoms with E-state index in [-0.39, 0.29) is 24.0 Å². The molecule has 2 heterocycles. The van der Waals surface area contributed by atoms with Crippen molar-refractivity contribution in [3.8, 4) is 11.5 Å². The van der Waals surface area contributed by atoms with Gasteiger partial charge in [-0.15, -0.1) is 0 Å². The predicted molar refractivity (Wildman–Crippen MR) is 198 cm³/mol. The number of carbonyl (C=O) groups excluding carboxylic acids is 4. The van der Waals surface area contributed by atoms with Gasteiger partial charge in [-0.3, -0.25) is 9.59 Å². The normalized spacial score (nSPS) is 10.4. The molecule has 52 heavy (non-hydrogen) atoms. The van der Waals surface area contributed by atoms with Crippen LogP contribution in [0.15, 0.2) is 84.9 Å². The number of H-pyrrole nitrogens is 2. The number of esters is 4. The third kappa shape index (κ3) is 10.0. The molecule has 0 amide bonds. The molecule has 3 N–H and O–H groups in total. The summed E-state index contributed by atoms with van der Waals surface area (Å²) in [5.41, 5.74) is 5.59. The standard InChI is InChI=1S/2C19H16ClNO4.Al.H2O/c2*1-11-15(16-9-14(24-2)7-8-17(16)21-11)10-18(22)25-19(23)12-3-5-13(20)6-4-12;;/h2*3-9,21H,10H2,1-2H3;;1H2/q;;+1;/p-1. The minimum absolute atomic E-state index is 0.0155. The Labute approximate surface area is 317 Å². The molecule has 6 aromatic rings. The first kappa shape index (κ1) is 39.7. The van der Waals surface area contributed by atoms with Crippen molar-refractivity contribution >= 4 is 85.5 Å². The number of aryl methyl sites for hydroxylation is 2. The average Bonchev–Trinajstić information content (AvgIpc) is 3.62. The van der Waals surface area contributed by atoms with Gasteiger partial charge in [0.25, 0.3) is 0 Å². The van der Waals surface area contributed by atoms with Crippen LogP contribution >= 0.6 is 23.2 Å². The SMILES string of the molecule is COc1ccc2[nH]c(C)c(CC(=O)OC(=O)c3ccc(Cl)cc3)c2c1.COc1ccc2[nH]c(C)c(CC(=O)OC(=O)c3ccc(Cl)cc3)c2c1.[OH][Al]. The number of hydrogen-bond donors (Lipinski definition) is 3. The molecular weight excluding hydrogens is 726 g/mol. The van der Waals surface area contributed by atoms with Crippen LogP contribution in [0.4, 0.5) is 0 Å². The summed E-state index contributed by atoms with van der Waals surface area (Å²) in [6, 6.07) is 23.5. The molecule has 0 bridgehead atoms. The second kappa shape index (κ2) is 18.4. The Morgan fingerprint density at radius 3 is 1.27 bits per heavy atom. The third-order valence-electron chi connectivity index (χ3n) is 7.87. The van der Waals surface area contributed by atoms with Crippen LogP contribution < -0.4 is 9.47 Å². The zero-order valence-electron chi connectivity index (χ0n) is 28.5. The molecule has 0 aliphatic carbocycles. The lowest BCUT2D eigenvalue weighted by atomic mass is 10.1. The maximum Gasteiger partial charge on any atom is 0.363 e. The Kier molecular flexibility index (Phi) is 14.1. The Balaban J connectivity index is 0.000000222. The van der Waals surface area contributed by atoms with Gasteiger partial charge in [0.05, 0.1) is 38.2 Å². The molecule has 6 rings (SSSR count). The summed E-state index contributed by atoms with van der Waals surface area (Å²) >= 11 is 13.0. The van der Waals surface area contributed by atoms with E-state index in [0.717, 1.165) is 44.3 Å². The number of rotatable bonds is 8. The van der Waals surface area contributed by atoms with Gasteiger partial charge in [-0.1, -0.05) is 23.2 Å². The van der Waals surface area contributed by atoms with E-state index < -0.39 is 23.9 Å². The number of aromatic nitrogens is 2. The fraction of sp³-hybridized carbons (Fsp3) is 0.158. The molecule has 11 nitrogen and oxygen atoms in total. The average molecular weight is 760 g/mol. The predicted octanol–water partition coefficient (Wildman–Crippen LogP) is 7.19. The molecule has 0 fully saturated rings. The highest BCUT2D eigenvalue weighted by Crippen LogP contribution is 2.28. The Morgan fingerprint density at radius 2 is 0.942 bits per heavy atom. The molecule has 0 spiro atoms. The van der Waals surface area contributed by atoms with E-state index >= 15 is 0 Å². The maximum atomic E-state index is 12.2. The van der Waals surface area contributed by atoms with Gasteiger partial charge < -0.3 is 33.1 Å². The molecule has 0 atom stereocenters. The highest BCUT2D eigenvalue weighted by molar-refractivity contribution is 6.31. The minimum atomic E-state index is -0.697. The van der Waals surface area contributed by atoms with Crippen molar-refractivity contribution in [1.29, 1.82) is 0 Å². The summed E-state index contributed by atoms with van der Waals surface area (Å²) in [6.07, 6.45) is -0.0311. The van der Waals surface area contributed by atoms with Gasteiger partial charge in [-0.25, -0.2) is 9.59 Å². The first-order valence-corrected chi connectivity index (χ1v) is 16.8. The molecular formula is C38H33AlCl2N2O9. The van der Waals surface area contributed by atoms with E-state index in [1.165, 1.54) is 40.9 Å². The van der Waals surface area contributed by atoms with Crippen molar-refractivity contribution < 1.29 is 42.3 Å². The Hall–Kier alpha value is -5.09. The summed E-state index contributed by atoms with van der Waals surface area (Å²) in [5.74, 6) is -1.25. The summed E-state index contributed by atoms with van der Waals surface area (Å²) in [5, 5.41) is 2.75. The van der Waals surface area contributed by atoms with Gasteiger partial charge in [0.15, 0.2) is 0 Å². The number of methoxy groups -OCH3 is 2. The number of carbonyl (C=O) groups is 4. The van der Waals surface area contributed by atoms with Crippen LogP contribution in [0.1, 0.15) is 43.2 Å². The number of hydrogen-bond acceptors (Lipinski definition) is 9. The molecule has 0 unspecified atom stereocenters. The lowest BCUT2D eigenvalue weighted by Crippen LogP contribution is -2.15. The van der Waals surface area contributed by atoms with Crippen LogP contribution in [0, 0.1) is 13.8 Å². The van der Waals surface area contributed by atoms with E-state index in [2.05, 4.69) is 9.97 Å². The minimum Gasteiger partial charge on any atom is -0.529 e. The monoisotopic (exact) mass is 758 g/mol. The molecule has 2 radical (unpaired) electrons. The fourth-order valence-electron chi connectivity index (χ4n) is 5.29. The topological polar surface area (TPSA) is 157 Å². The highest BCUT2D eigenvalue weighted by atomic mass is 35.5. The third-order valence-corrected chi connectivity index (χ3v) is 8.37. The van der Waals surface area contributed by atoms with Gasteiger partial charge in [-0.05, 0) is 110 Å². The second-order valence-electron chi connectivity index (χ2n) is 11.2. The fourth-order valence-corrected chi connectivity index (χ4v) is 5.54. The van der Waals surface area contributed by atoms with Gasteiger partial charge in [0, 0.05) is 43.2 Å². The number of benzene rings is 4. The van der Waals surface area contributed by atoms with Crippen molar-refractivity contribution in [2.45, 2.75) is 26.7 Å². The first-order chi connectivity index (χ1) is 24.9. The van der Waals surface area contributed by atoms with Gasteiger partial charge in [0.1, 0.15) is 11.5 Å². The van der Waals surface area contributed by atoms with E-state index in [1.807, 2.05) is 50.2 Å². The van der Waals surface area contributed by atoms with Crippen LogP contribution in [-0.4, -0.2) is 68.8 Å². The summed E-state index contributed by atoms with van der Waals surface area (Å²) in [6.45, 7) is 3.74. The molecule has 0 aliphatic heterocycles. The Bertz CT molecular complexity index is 2060. The number of halogens is 2. The molecule has 14 heteroatoms. The molecule has 266 valence electrons. The number of nitrogens with one attached hydrogen (secondary N) is 2. The lowest BCUT2D eigenvalue weighted by molar-refractivity contribution is -0.138. The van der Waals surface area contributed by atoms with Crippen LogP contribution in [0.5, 0.6) is 11.5 Å². The van der Waals surface area contributed by atoms with Crippen molar-refractivity contribution in [3.63, 3.8) is 0 Å². The largest absolute Gasteiger partial charge is 0.529 e. The lowest BCUT2D eigenvalue weighted by Gasteiger charge is -2.05. The summed E-state index contributed by atoms with van der Waals surface area (Å²) in [4.78, 5) is 54.9. The van der Waals surface area contributed by atoms with Crippen LogP contribution in [0.3, 0.4) is 0 Å². The van der Waals surface area contributed by atoms with Crippen molar-refractivity contribution in [1.82, 2.24) is 9.97 Å². The van der Waals surface area contributed by atoms with Gasteiger partial charge in [0.2, 0.25) is 0 Å². The van der Waals surface area contributed by atoms with Gasteiger partial charge >= 0.3 is 40.5 Å². The van der Waals surface area contributed by atoms with Gasteiger partial charge in [-0.2, -0.15) is 0 Å². The Morgan fingerprint density at radius 1 is 0.596 bits per heavy atom. The quantitative estimate of drug-likeness (QED) is 0.0830. The molecule has 0 aliphatic rings. The van der Waals surface area contributed by atoms with E-state index in [1.54, 1.807) is 38.5 Å². The van der Waals surface area contributed by atoms with Crippen LogP contribution in [0.25, 0.3) is 21.8 Å². The molecule has 2 aromatic heterocycles. The summed E-state index contributed by atoms with van der Waals surface area (Å²) in [7, 11) is 3.17. The zero-order valence-corrected chi connectivity index (χ0v) is 31.2. The molecule has 0 saturated carbocycles. The first-order valence-electron chi connectivity index (χ1n) is 15.5. The van der Waals surface area contributed by atoms with Crippen molar-refractivity contribution in [3.05, 3.63) is 129 Å². The highest BCUT2D eigenvalue weighted by Gasteiger charge is 2.19. The number of aromatic amines is 2. The van der Waals surface area contributed by atoms with E-state index in [4.69, 9.17) is 46.3 Å². The van der Waals surface area contributed by atoms with Crippen molar-refractivity contribution in [2.75, 3.05) is 14.2 Å². The smallest absolute Gasteiger partial charge is 0.363 e. The number of ether oxygens (including phenoxy) is 4. The van der Waals surface area contributed by atoms with E-state index in [9.17, 15) is 19.2 Å².